The molecule has 1 spiro atoms. The highest BCUT2D eigenvalue weighted by Gasteiger charge is 2.43. The predicted octanol–water partition coefficient (Wildman–Crippen LogP) is 1.85. The Morgan fingerprint density at radius 1 is 1.11 bits per heavy atom. The highest BCUT2D eigenvalue weighted by atomic mass is 16.2. The number of hydrogen-bond acceptors (Lipinski definition) is 2. The monoisotopic (exact) mass is 244 g/mol. The smallest absolute Gasteiger partial charge is 0.253 e. The zero-order valence-electron chi connectivity index (χ0n) is 10.9. The molecule has 1 atom stereocenters. The van der Waals surface area contributed by atoms with Crippen LogP contribution in [0.3, 0.4) is 0 Å². The molecule has 1 aromatic rings. The number of rotatable bonds is 1. The van der Waals surface area contributed by atoms with Crippen LogP contribution in [0.2, 0.25) is 0 Å². The summed E-state index contributed by atoms with van der Waals surface area (Å²) in [5, 5.41) is 0. The van der Waals surface area contributed by atoms with Crippen LogP contribution in [0.25, 0.3) is 0 Å². The zero-order valence-corrected chi connectivity index (χ0v) is 10.9. The lowest BCUT2D eigenvalue weighted by molar-refractivity contribution is 0.0774. The van der Waals surface area contributed by atoms with Crippen molar-refractivity contribution < 1.29 is 4.79 Å². The molecule has 2 aliphatic rings. The molecule has 0 N–H and O–H groups in total. The molecular weight excluding hydrogens is 224 g/mol. The molecule has 2 saturated heterocycles. The van der Waals surface area contributed by atoms with Gasteiger partial charge >= 0.3 is 0 Å². The molecule has 1 amide bonds. The van der Waals surface area contributed by atoms with Gasteiger partial charge in [-0.2, -0.15) is 0 Å². The summed E-state index contributed by atoms with van der Waals surface area (Å²) in [5.74, 6) is 0.196. The number of carbonyl (C=O) groups excluding carboxylic acids is 1. The van der Waals surface area contributed by atoms with Crippen molar-refractivity contribution in [3.8, 4) is 0 Å². The molecule has 2 fully saturated rings. The summed E-state index contributed by atoms with van der Waals surface area (Å²) >= 11 is 0. The van der Waals surface area contributed by atoms with E-state index in [1.807, 2.05) is 35.2 Å². The fourth-order valence-corrected chi connectivity index (χ4v) is 3.36. The van der Waals surface area contributed by atoms with Crippen molar-refractivity contribution in [2.75, 3.05) is 33.2 Å². The van der Waals surface area contributed by atoms with Crippen molar-refractivity contribution in [3.05, 3.63) is 35.9 Å². The molecule has 18 heavy (non-hydrogen) atoms. The Labute approximate surface area is 108 Å². The zero-order chi connectivity index (χ0) is 12.6. The van der Waals surface area contributed by atoms with Gasteiger partial charge in [0, 0.05) is 30.6 Å². The number of carbonyl (C=O) groups is 1. The molecule has 96 valence electrons. The second kappa shape index (κ2) is 4.39. The van der Waals surface area contributed by atoms with E-state index in [4.69, 9.17) is 0 Å². The molecule has 3 nitrogen and oxygen atoms in total. The molecule has 1 aromatic carbocycles. The van der Waals surface area contributed by atoms with Crippen LogP contribution in [0.4, 0.5) is 0 Å². The Morgan fingerprint density at radius 2 is 1.83 bits per heavy atom. The van der Waals surface area contributed by atoms with Crippen LogP contribution in [0.15, 0.2) is 30.3 Å². The summed E-state index contributed by atoms with van der Waals surface area (Å²) in [7, 11) is 2.18. The maximum atomic E-state index is 12.4. The molecule has 0 aromatic heterocycles. The van der Waals surface area contributed by atoms with E-state index < -0.39 is 0 Å². The van der Waals surface area contributed by atoms with Crippen LogP contribution >= 0.6 is 0 Å². The number of amides is 1. The second-order valence-corrected chi connectivity index (χ2v) is 5.83. The first-order valence-electron chi connectivity index (χ1n) is 6.71. The summed E-state index contributed by atoms with van der Waals surface area (Å²) in [6.45, 7) is 4.17. The van der Waals surface area contributed by atoms with Crippen LogP contribution in [0.1, 0.15) is 23.2 Å². The molecule has 3 rings (SSSR count). The van der Waals surface area contributed by atoms with E-state index in [1.54, 1.807) is 0 Å². The van der Waals surface area contributed by atoms with Crippen LogP contribution < -0.4 is 0 Å². The maximum Gasteiger partial charge on any atom is 0.253 e. The van der Waals surface area contributed by atoms with Crippen LogP contribution in [0.5, 0.6) is 0 Å². The van der Waals surface area contributed by atoms with Crippen LogP contribution in [-0.4, -0.2) is 48.9 Å². The van der Waals surface area contributed by atoms with Gasteiger partial charge in [0.05, 0.1) is 0 Å². The van der Waals surface area contributed by atoms with E-state index in [9.17, 15) is 4.79 Å². The van der Waals surface area contributed by atoms with Gasteiger partial charge in [0.25, 0.3) is 5.91 Å². The predicted molar refractivity (Wildman–Crippen MR) is 71.5 cm³/mol. The third-order valence-electron chi connectivity index (χ3n) is 4.38. The van der Waals surface area contributed by atoms with Crippen molar-refractivity contribution in [3.63, 3.8) is 0 Å². The molecule has 0 saturated carbocycles. The lowest BCUT2D eigenvalue weighted by Crippen LogP contribution is -2.33. The van der Waals surface area contributed by atoms with Gasteiger partial charge in [-0.25, -0.2) is 0 Å². The quantitative estimate of drug-likeness (QED) is 0.753. The van der Waals surface area contributed by atoms with Crippen molar-refractivity contribution >= 4 is 5.91 Å². The Balaban J connectivity index is 1.71. The molecule has 0 bridgehead atoms. The molecule has 0 aliphatic carbocycles. The SMILES string of the molecule is CN1CCC2(CCN(C(=O)c3ccccc3)C2)C1. The van der Waals surface area contributed by atoms with Gasteiger partial charge in [0.1, 0.15) is 0 Å². The third-order valence-corrected chi connectivity index (χ3v) is 4.38. The topological polar surface area (TPSA) is 23.6 Å². The number of hydrogen-bond donors (Lipinski definition) is 0. The summed E-state index contributed by atoms with van der Waals surface area (Å²) < 4.78 is 0. The minimum atomic E-state index is 0.196. The fraction of sp³-hybridized carbons (Fsp3) is 0.533. The lowest BCUT2D eigenvalue weighted by atomic mass is 9.86. The van der Waals surface area contributed by atoms with E-state index in [0.29, 0.717) is 5.41 Å². The van der Waals surface area contributed by atoms with Gasteiger partial charge in [-0.15, -0.1) is 0 Å². The average molecular weight is 244 g/mol. The van der Waals surface area contributed by atoms with Gasteiger partial charge < -0.3 is 9.80 Å². The molecule has 2 heterocycles. The van der Waals surface area contributed by atoms with Crippen LogP contribution in [-0.2, 0) is 0 Å². The number of benzene rings is 1. The van der Waals surface area contributed by atoms with E-state index >= 15 is 0 Å². The lowest BCUT2D eigenvalue weighted by Gasteiger charge is -2.23. The van der Waals surface area contributed by atoms with Gasteiger partial charge in [0.2, 0.25) is 0 Å². The Kier molecular flexibility index (Phi) is 2.86. The van der Waals surface area contributed by atoms with E-state index in [1.165, 1.54) is 13.0 Å². The maximum absolute atomic E-state index is 12.4. The summed E-state index contributed by atoms with van der Waals surface area (Å²) in [4.78, 5) is 16.8. The average Bonchev–Trinajstić information content (AvgIpc) is 2.97. The van der Waals surface area contributed by atoms with E-state index in [0.717, 1.165) is 31.6 Å². The summed E-state index contributed by atoms with van der Waals surface area (Å²) in [5.41, 5.74) is 1.19. The minimum Gasteiger partial charge on any atom is -0.338 e. The highest BCUT2D eigenvalue weighted by molar-refractivity contribution is 5.94. The van der Waals surface area contributed by atoms with Crippen molar-refractivity contribution in [1.29, 1.82) is 0 Å². The first-order chi connectivity index (χ1) is 8.69. The summed E-state index contributed by atoms with van der Waals surface area (Å²) in [6, 6.07) is 9.64. The molecule has 0 radical (unpaired) electrons. The number of nitrogens with zero attached hydrogens (tertiary/aromatic N) is 2. The first kappa shape index (κ1) is 11.7. The molecule has 1 unspecified atom stereocenters. The van der Waals surface area contributed by atoms with Gasteiger partial charge in [-0.05, 0) is 38.6 Å². The Bertz CT molecular complexity index is 445. The normalized spacial score (nSPS) is 28.2. The van der Waals surface area contributed by atoms with E-state index in [2.05, 4.69) is 11.9 Å². The minimum absolute atomic E-state index is 0.196. The van der Waals surface area contributed by atoms with Crippen molar-refractivity contribution in [1.82, 2.24) is 9.80 Å². The first-order valence-corrected chi connectivity index (χ1v) is 6.71. The van der Waals surface area contributed by atoms with Crippen LogP contribution in [0, 0.1) is 5.41 Å². The Hall–Kier alpha value is -1.35. The fourth-order valence-electron chi connectivity index (χ4n) is 3.36. The largest absolute Gasteiger partial charge is 0.338 e. The van der Waals surface area contributed by atoms with Gasteiger partial charge in [-0.1, -0.05) is 18.2 Å². The van der Waals surface area contributed by atoms with E-state index in [-0.39, 0.29) is 5.91 Å². The highest BCUT2D eigenvalue weighted by Crippen LogP contribution is 2.39. The molecule has 3 heteroatoms. The third kappa shape index (κ3) is 2.03. The molecular formula is C15H20N2O. The van der Waals surface area contributed by atoms with Gasteiger partial charge in [0.15, 0.2) is 0 Å². The van der Waals surface area contributed by atoms with Crippen molar-refractivity contribution in [2.45, 2.75) is 12.8 Å². The molecule has 2 aliphatic heterocycles. The standard InChI is InChI=1S/C15H20N2O/c1-16-9-7-15(11-16)8-10-17(12-15)14(18)13-5-3-2-4-6-13/h2-6H,7-12H2,1H3. The van der Waals surface area contributed by atoms with Gasteiger partial charge in [-0.3, -0.25) is 4.79 Å². The van der Waals surface area contributed by atoms with Crippen molar-refractivity contribution in [2.24, 2.45) is 5.41 Å². The summed E-state index contributed by atoms with van der Waals surface area (Å²) in [6.07, 6.45) is 2.40. The Morgan fingerprint density at radius 3 is 2.50 bits per heavy atom. The second-order valence-electron chi connectivity index (χ2n) is 5.83. The number of likely N-dealkylation sites (tertiary alicyclic amines) is 2.